The van der Waals surface area contributed by atoms with Gasteiger partial charge in [-0.15, -0.1) is 0 Å². The zero-order chi connectivity index (χ0) is 20.6. The lowest BCUT2D eigenvalue weighted by atomic mass is 10.0. The van der Waals surface area contributed by atoms with Gasteiger partial charge in [-0.3, -0.25) is 0 Å². The number of anilines is 1. The fourth-order valence-electron chi connectivity index (χ4n) is 2.92. The summed E-state index contributed by atoms with van der Waals surface area (Å²) >= 11 is 0. The summed E-state index contributed by atoms with van der Waals surface area (Å²) in [5.74, 6) is -0.629. The molecule has 0 aliphatic rings. The van der Waals surface area contributed by atoms with Crippen LogP contribution in [0.25, 0.3) is 10.9 Å². The highest BCUT2D eigenvalue weighted by molar-refractivity contribution is 5.91. The molecular formula is C19H17F4N3O2. The minimum Gasteiger partial charge on any atom is -0.504 e. The lowest BCUT2D eigenvalue weighted by Gasteiger charge is -2.19. The molecule has 1 aromatic heterocycles. The van der Waals surface area contributed by atoms with Crippen molar-refractivity contribution in [1.29, 1.82) is 0 Å². The Bertz CT molecular complexity index is 1040. The van der Waals surface area contributed by atoms with Gasteiger partial charge in [0.1, 0.15) is 17.5 Å². The largest absolute Gasteiger partial charge is 0.504 e. The third-order valence-corrected chi connectivity index (χ3v) is 4.26. The molecule has 0 radical (unpaired) electrons. The van der Waals surface area contributed by atoms with E-state index in [1.165, 1.54) is 32.2 Å². The van der Waals surface area contributed by atoms with E-state index in [-0.39, 0.29) is 22.9 Å². The molecule has 148 valence electrons. The van der Waals surface area contributed by atoms with Crippen molar-refractivity contribution >= 4 is 16.7 Å². The van der Waals surface area contributed by atoms with Crippen molar-refractivity contribution in [1.82, 2.24) is 9.97 Å². The van der Waals surface area contributed by atoms with Crippen LogP contribution >= 0.6 is 0 Å². The number of rotatable bonds is 4. The maximum Gasteiger partial charge on any atom is 0.419 e. The SMILES string of the molecule is COc1cc2nc(C)nc(NC(C)c3cccc(C(F)(F)F)c3F)c2cc1O. The second-order valence-electron chi connectivity index (χ2n) is 6.23. The minimum absolute atomic E-state index is 0.150. The van der Waals surface area contributed by atoms with Crippen molar-refractivity contribution in [2.45, 2.75) is 26.1 Å². The van der Waals surface area contributed by atoms with E-state index in [0.717, 1.165) is 6.07 Å². The lowest BCUT2D eigenvalue weighted by molar-refractivity contribution is -0.140. The molecule has 0 aliphatic carbocycles. The van der Waals surface area contributed by atoms with Crippen LogP contribution in [0.15, 0.2) is 30.3 Å². The van der Waals surface area contributed by atoms with Crippen LogP contribution in [0.4, 0.5) is 23.4 Å². The lowest BCUT2D eigenvalue weighted by Crippen LogP contribution is -2.15. The smallest absolute Gasteiger partial charge is 0.419 e. The number of phenolic OH excluding ortho intramolecular Hbond substituents is 1. The first-order valence-corrected chi connectivity index (χ1v) is 8.29. The summed E-state index contributed by atoms with van der Waals surface area (Å²) in [7, 11) is 1.40. The summed E-state index contributed by atoms with van der Waals surface area (Å²) in [5, 5.41) is 13.4. The van der Waals surface area contributed by atoms with Crippen molar-refractivity contribution in [2.24, 2.45) is 0 Å². The number of aromatic nitrogens is 2. The Morgan fingerprint density at radius 2 is 1.89 bits per heavy atom. The number of fused-ring (bicyclic) bond motifs is 1. The third kappa shape index (κ3) is 3.64. The summed E-state index contributed by atoms with van der Waals surface area (Å²) in [5.41, 5.74) is -1.02. The molecule has 2 aromatic carbocycles. The van der Waals surface area contributed by atoms with E-state index < -0.39 is 23.6 Å². The second kappa shape index (κ2) is 7.14. The first-order chi connectivity index (χ1) is 13.1. The van der Waals surface area contributed by atoms with Crippen LogP contribution in [-0.2, 0) is 6.18 Å². The number of alkyl halides is 3. The highest BCUT2D eigenvalue weighted by Crippen LogP contribution is 2.36. The molecule has 0 saturated heterocycles. The number of aromatic hydroxyl groups is 1. The van der Waals surface area contributed by atoms with Crippen molar-refractivity contribution in [2.75, 3.05) is 12.4 Å². The average molecular weight is 395 g/mol. The molecule has 0 spiro atoms. The standard InChI is InChI=1S/C19H17F4N3O2/c1-9(11-5-4-6-13(17(11)20)19(21,22)23)24-18-12-7-15(27)16(28-3)8-14(12)25-10(2)26-18/h4-9,27H,1-3H3,(H,24,25,26). The molecule has 0 saturated carbocycles. The van der Waals surface area contributed by atoms with Gasteiger partial charge in [0.05, 0.1) is 24.2 Å². The Kier molecular flexibility index (Phi) is 5.01. The molecular weight excluding hydrogens is 378 g/mol. The molecule has 5 nitrogen and oxygen atoms in total. The molecule has 9 heteroatoms. The Morgan fingerprint density at radius 3 is 2.54 bits per heavy atom. The van der Waals surface area contributed by atoms with Gasteiger partial charge >= 0.3 is 6.18 Å². The molecule has 0 bridgehead atoms. The number of benzene rings is 2. The maximum absolute atomic E-state index is 14.4. The molecule has 0 aliphatic heterocycles. The van der Waals surface area contributed by atoms with E-state index in [1.807, 2.05) is 0 Å². The maximum atomic E-state index is 14.4. The van der Waals surface area contributed by atoms with E-state index >= 15 is 0 Å². The number of halogens is 4. The van der Waals surface area contributed by atoms with Gasteiger partial charge in [0.2, 0.25) is 0 Å². The second-order valence-corrected chi connectivity index (χ2v) is 6.23. The summed E-state index contributed by atoms with van der Waals surface area (Å²) in [6.45, 7) is 3.16. The number of hydrogen-bond donors (Lipinski definition) is 2. The molecule has 0 amide bonds. The first kappa shape index (κ1) is 19.7. The number of aryl methyl sites for hydroxylation is 1. The number of nitrogens with zero attached hydrogens (tertiary/aromatic N) is 2. The normalized spacial score (nSPS) is 12.8. The highest BCUT2D eigenvalue weighted by atomic mass is 19.4. The van der Waals surface area contributed by atoms with Crippen molar-refractivity contribution in [3.05, 3.63) is 53.1 Å². The van der Waals surface area contributed by atoms with Gasteiger partial charge in [-0.25, -0.2) is 14.4 Å². The van der Waals surface area contributed by atoms with Gasteiger partial charge in [-0.2, -0.15) is 13.2 Å². The van der Waals surface area contributed by atoms with Crippen LogP contribution in [0.5, 0.6) is 11.5 Å². The van der Waals surface area contributed by atoms with Crippen LogP contribution in [0, 0.1) is 12.7 Å². The van der Waals surface area contributed by atoms with E-state index in [0.29, 0.717) is 22.8 Å². The minimum atomic E-state index is -4.79. The van der Waals surface area contributed by atoms with Crippen LogP contribution in [0.2, 0.25) is 0 Å². The van der Waals surface area contributed by atoms with Gasteiger partial charge in [-0.1, -0.05) is 12.1 Å². The summed E-state index contributed by atoms with van der Waals surface area (Å²) < 4.78 is 58.4. The third-order valence-electron chi connectivity index (χ3n) is 4.26. The molecule has 1 atom stereocenters. The summed E-state index contributed by atoms with van der Waals surface area (Å²) in [6, 6.07) is 5.19. The van der Waals surface area contributed by atoms with Crippen molar-refractivity contribution in [3.8, 4) is 11.5 Å². The molecule has 3 rings (SSSR count). The zero-order valence-corrected chi connectivity index (χ0v) is 15.2. The fourth-order valence-corrected chi connectivity index (χ4v) is 2.92. The number of phenols is 1. The Morgan fingerprint density at radius 1 is 1.18 bits per heavy atom. The number of ether oxygens (including phenoxy) is 1. The van der Waals surface area contributed by atoms with E-state index in [1.54, 1.807) is 6.92 Å². The predicted molar refractivity (Wildman–Crippen MR) is 95.9 cm³/mol. The topological polar surface area (TPSA) is 67.3 Å². The van der Waals surface area contributed by atoms with Gasteiger partial charge in [0.25, 0.3) is 0 Å². The first-order valence-electron chi connectivity index (χ1n) is 8.29. The van der Waals surface area contributed by atoms with Gasteiger partial charge in [-0.05, 0) is 26.0 Å². The number of nitrogens with one attached hydrogen (secondary N) is 1. The highest BCUT2D eigenvalue weighted by Gasteiger charge is 2.35. The summed E-state index contributed by atoms with van der Waals surface area (Å²) in [4.78, 5) is 8.51. The van der Waals surface area contributed by atoms with Crippen LogP contribution < -0.4 is 10.1 Å². The molecule has 28 heavy (non-hydrogen) atoms. The van der Waals surface area contributed by atoms with Crippen molar-refractivity contribution < 1.29 is 27.4 Å². The average Bonchev–Trinajstić information content (AvgIpc) is 2.60. The van der Waals surface area contributed by atoms with E-state index in [2.05, 4.69) is 15.3 Å². The van der Waals surface area contributed by atoms with Gasteiger partial charge in [0.15, 0.2) is 11.5 Å². The van der Waals surface area contributed by atoms with Crippen molar-refractivity contribution in [3.63, 3.8) is 0 Å². The van der Waals surface area contributed by atoms with Crippen LogP contribution in [0.1, 0.15) is 29.9 Å². The monoisotopic (exact) mass is 395 g/mol. The fraction of sp³-hybridized carbons (Fsp3) is 0.263. The molecule has 1 heterocycles. The number of methoxy groups -OCH3 is 1. The Balaban J connectivity index is 2.05. The molecule has 2 N–H and O–H groups in total. The quantitative estimate of drug-likeness (QED) is 0.610. The Hall–Kier alpha value is -3.10. The number of hydrogen-bond acceptors (Lipinski definition) is 5. The van der Waals surface area contributed by atoms with E-state index in [4.69, 9.17) is 4.74 Å². The van der Waals surface area contributed by atoms with E-state index in [9.17, 15) is 22.7 Å². The van der Waals surface area contributed by atoms with Gasteiger partial charge < -0.3 is 15.2 Å². The molecule has 0 fully saturated rings. The zero-order valence-electron chi connectivity index (χ0n) is 15.2. The summed E-state index contributed by atoms with van der Waals surface area (Å²) in [6.07, 6.45) is -4.79. The van der Waals surface area contributed by atoms with Gasteiger partial charge in [0, 0.05) is 17.0 Å². The molecule has 3 aromatic rings. The predicted octanol–water partition coefficient (Wildman–Crippen LogP) is 4.98. The Labute approximate surface area is 158 Å². The molecule has 1 unspecified atom stereocenters. The van der Waals surface area contributed by atoms with Crippen LogP contribution in [-0.4, -0.2) is 22.2 Å². The van der Waals surface area contributed by atoms with Crippen LogP contribution in [0.3, 0.4) is 0 Å².